The Morgan fingerprint density at radius 3 is 2.67 bits per heavy atom. The molecule has 1 aliphatic heterocycles. The van der Waals surface area contributed by atoms with Crippen molar-refractivity contribution in [2.24, 2.45) is 0 Å². The third-order valence-corrected chi connectivity index (χ3v) is 3.27. The number of ether oxygens (including phenoxy) is 2. The summed E-state index contributed by atoms with van der Waals surface area (Å²) in [6, 6.07) is 5.51. The minimum atomic E-state index is 0.0203. The molecule has 4 heteroatoms. The highest BCUT2D eigenvalue weighted by Gasteiger charge is 2.11. The number of methoxy groups -OCH3 is 1. The first-order valence-corrected chi connectivity index (χ1v) is 6.46. The number of aliphatic hydroxyl groups is 1. The highest BCUT2D eigenvalue weighted by molar-refractivity contribution is 5.42. The lowest BCUT2D eigenvalue weighted by Gasteiger charge is -2.16. The zero-order chi connectivity index (χ0) is 12.8. The monoisotopic (exact) mass is 251 g/mol. The van der Waals surface area contributed by atoms with Crippen LogP contribution in [0.2, 0.25) is 0 Å². The van der Waals surface area contributed by atoms with Crippen molar-refractivity contribution in [2.45, 2.75) is 19.4 Å². The summed E-state index contributed by atoms with van der Waals surface area (Å²) >= 11 is 0. The van der Waals surface area contributed by atoms with Crippen molar-refractivity contribution in [3.63, 3.8) is 0 Å². The van der Waals surface area contributed by atoms with Crippen LogP contribution in [0.1, 0.15) is 18.4 Å². The summed E-state index contributed by atoms with van der Waals surface area (Å²) in [6.45, 7) is 3.98. The maximum absolute atomic E-state index is 9.12. The van der Waals surface area contributed by atoms with Gasteiger partial charge in [-0.3, -0.25) is 4.90 Å². The largest absolute Gasteiger partial charge is 0.493 e. The van der Waals surface area contributed by atoms with E-state index in [9.17, 15) is 0 Å². The van der Waals surface area contributed by atoms with Crippen molar-refractivity contribution in [3.8, 4) is 11.5 Å². The van der Waals surface area contributed by atoms with E-state index in [1.807, 2.05) is 18.2 Å². The highest BCUT2D eigenvalue weighted by atomic mass is 16.5. The zero-order valence-corrected chi connectivity index (χ0v) is 10.9. The van der Waals surface area contributed by atoms with Gasteiger partial charge in [0.25, 0.3) is 0 Å². The van der Waals surface area contributed by atoms with Crippen molar-refractivity contribution in [1.82, 2.24) is 4.90 Å². The van der Waals surface area contributed by atoms with E-state index >= 15 is 0 Å². The maximum Gasteiger partial charge on any atom is 0.161 e. The lowest BCUT2D eigenvalue weighted by Crippen LogP contribution is -2.25. The Hall–Kier alpha value is -1.26. The van der Waals surface area contributed by atoms with Gasteiger partial charge in [0.15, 0.2) is 11.5 Å². The number of hydrogen-bond acceptors (Lipinski definition) is 4. The van der Waals surface area contributed by atoms with Crippen LogP contribution < -0.4 is 9.47 Å². The molecule has 1 heterocycles. The topological polar surface area (TPSA) is 41.9 Å². The first-order valence-electron chi connectivity index (χ1n) is 6.46. The van der Waals surface area contributed by atoms with Crippen LogP contribution in [-0.2, 0) is 6.61 Å². The van der Waals surface area contributed by atoms with Crippen molar-refractivity contribution >= 4 is 0 Å². The lowest BCUT2D eigenvalue weighted by atomic mass is 10.2. The Morgan fingerprint density at radius 1 is 1.22 bits per heavy atom. The van der Waals surface area contributed by atoms with Gasteiger partial charge >= 0.3 is 0 Å². The molecule has 18 heavy (non-hydrogen) atoms. The molecule has 0 unspecified atom stereocenters. The van der Waals surface area contributed by atoms with E-state index in [1.165, 1.54) is 25.9 Å². The van der Waals surface area contributed by atoms with Crippen molar-refractivity contribution < 1.29 is 14.6 Å². The van der Waals surface area contributed by atoms with Crippen LogP contribution in [0.3, 0.4) is 0 Å². The Balaban J connectivity index is 1.89. The minimum Gasteiger partial charge on any atom is -0.493 e. The summed E-state index contributed by atoms with van der Waals surface area (Å²) in [5.41, 5.74) is 0.840. The molecule has 0 spiro atoms. The summed E-state index contributed by atoms with van der Waals surface area (Å²) < 4.78 is 11.0. The molecule has 0 saturated carbocycles. The van der Waals surface area contributed by atoms with E-state index in [0.29, 0.717) is 18.1 Å². The Bertz CT molecular complexity index is 375. The van der Waals surface area contributed by atoms with E-state index in [4.69, 9.17) is 14.6 Å². The molecule has 0 bridgehead atoms. The maximum atomic E-state index is 9.12. The molecular formula is C14H21NO3. The molecular weight excluding hydrogens is 230 g/mol. The smallest absolute Gasteiger partial charge is 0.161 e. The SMILES string of the molecule is COc1ccc(CO)cc1OCCN1CCCC1. The fourth-order valence-corrected chi connectivity index (χ4v) is 2.22. The molecule has 2 rings (SSSR count). The molecule has 0 radical (unpaired) electrons. The van der Waals surface area contributed by atoms with Gasteiger partial charge < -0.3 is 14.6 Å². The standard InChI is InChI=1S/C14H21NO3/c1-17-13-5-4-12(11-16)10-14(13)18-9-8-15-6-2-3-7-15/h4-5,10,16H,2-3,6-9,11H2,1H3. The first kappa shape index (κ1) is 13.2. The zero-order valence-electron chi connectivity index (χ0n) is 10.9. The van der Waals surface area contributed by atoms with Gasteiger partial charge in [-0.15, -0.1) is 0 Å². The Labute approximate surface area is 108 Å². The van der Waals surface area contributed by atoms with E-state index in [2.05, 4.69) is 4.90 Å². The summed E-state index contributed by atoms with van der Waals surface area (Å²) in [6.07, 6.45) is 2.59. The van der Waals surface area contributed by atoms with Crippen molar-refractivity contribution in [2.75, 3.05) is 33.4 Å². The van der Waals surface area contributed by atoms with Gasteiger partial charge in [-0.25, -0.2) is 0 Å². The molecule has 1 saturated heterocycles. The van der Waals surface area contributed by atoms with Gasteiger partial charge in [-0.1, -0.05) is 6.07 Å². The lowest BCUT2D eigenvalue weighted by molar-refractivity contribution is 0.229. The number of hydrogen-bond donors (Lipinski definition) is 1. The number of rotatable bonds is 6. The van der Waals surface area contributed by atoms with Crippen molar-refractivity contribution in [3.05, 3.63) is 23.8 Å². The minimum absolute atomic E-state index is 0.0203. The Kier molecular flexibility index (Phi) is 4.84. The van der Waals surface area contributed by atoms with Gasteiger partial charge in [0.05, 0.1) is 13.7 Å². The second-order valence-electron chi connectivity index (χ2n) is 4.54. The number of nitrogens with zero attached hydrogens (tertiary/aromatic N) is 1. The molecule has 1 aromatic carbocycles. The van der Waals surface area contributed by atoms with Crippen LogP contribution in [0.25, 0.3) is 0 Å². The van der Waals surface area contributed by atoms with Gasteiger partial charge in [-0.05, 0) is 43.6 Å². The van der Waals surface area contributed by atoms with E-state index in [1.54, 1.807) is 7.11 Å². The quantitative estimate of drug-likeness (QED) is 0.835. The Morgan fingerprint density at radius 2 is 2.00 bits per heavy atom. The van der Waals surface area contributed by atoms with Crippen LogP contribution in [0.4, 0.5) is 0 Å². The van der Waals surface area contributed by atoms with Gasteiger partial charge in [-0.2, -0.15) is 0 Å². The van der Waals surface area contributed by atoms with E-state index < -0.39 is 0 Å². The fourth-order valence-electron chi connectivity index (χ4n) is 2.22. The third-order valence-electron chi connectivity index (χ3n) is 3.27. The molecule has 1 aromatic rings. The van der Waals surface area contributed by atoms with E-state index in [0.717, 1.165) is 12.1 Å². The molecule has 4 nitrogen and oxygen atoms in total. The summed E-state index contributed by atoms with van der Waals surface area (Å²) in [7, 11) is 1.63. The van der Waals surface area contributed by atoms with Crippen LogP contribution in [0.5, 0.6) is 11.5 Å². The van der Waals surface area contributed by atoms with Crippen LogP contribution in [-0.4, -0.2) is 43.4 Å². The second kappa shape index (κ2) is 6.61. The molecule has 1 fully saturated rings. The molecule has 0 aromatic heterocycles. The van der Waals surface area contributed by atoms with Crippen LogP contribution in [0.15, 0.2) is 18.2 Å². The van der Waals surface area contributed by atoms with Crippen molar-refractivity contribution in [1.29, 1.82) is 0 Å². The molecule has 0 atom stereocenters. The predicted molar refractivity (Wildman–Crippen MR) is 70.1 cm³/mol. The number of benzene rings is 1. The van der Waals surface area contributed by atoms with Gasteiger partial charge in [0, 0.05) is 6.54 Å². The van der Waals surface area contributed by atoms with Crippen LogP contribution in [0, 0.1) is 0 Å². The summed E-state index contributed by atoms with van der Waals surface area (Å²) in [5.74, 6) is 1.43. The summed E-state index contributed by atoms with van der Waals surface area (Å²) in [5, 5.41) is 9.12. The number of likely N-dealkylation sites (tertiary alicyclic amines) is 1. The molecule has 0 amide bonds. The predicted octanol–water partition coefficient (Wildman–Crippen LogP) is 1.66. The van der Waals surface area contributed by atoms with Gasteiger partial charge in [0.2, 0.25) is 0 Å². The molecule has 1 aliphatic rings. The highest BCUT2D eigenvalue weighted by Crippen LogP contribution is 2.28. The first-order chi connectivity index (χ1) is 8.83. The average Bonchev–Trinajstić information content (AvgIpc) is 2.92. The van der Waals surface area contributed by atoms with E-state index in [-0.39, 0.29) is 6.61 Å². The van der Waals surface area contributed by atoms with Crippen LogP contribution >= 0.6 is 0 Å². The molecule has 100 valence electrons. The fraction of sp³-hybridized carbons (Fsp3) is 0.571. The third kappa shape index (κ3) is 3.37. The second-order valence-corrected chi connectivity index (χ2v) is 4.54. The average molecular weight is 251 g/mol. The molecule has 1 N–H and O–H groups in total. The normalized spacial score (nSPS) is 15.9. The van der Waals surface area contributed by atoms with Gasteiger partial charge in [0.1, 0.15) is 6.61 Å². The molecule has 0 aliphatic carbocycles. The number of aliphatic hydroxyl groups excluding tert-OH is 1. The summed E-state index contributed by atoms with van der Waals surface area (Å²) in [4.78, 5) is 2.41.